The monoisotopic (exact) mass is 828 g/mol. The Hall–Kier alpha value is -1.41. The maximum absolute atomic E-state index is 13.0. The lowest BCUT2D eigenvalue weighted by atomic mass is 9.98. The quantitative estimate of drug-likeness (QED) is 0.0224. The van der Waals surface area contributed by atoms with Crippen molar-refractivity contribution in [3.05, 3.63) is 24.3 Å². The summed E-state index contributed by atoms with van der Waals surface area (Å²) in [6, 6.07) is -1.17. The van der Waals surface area contributed by atoms with Gasteiger partial charge in [0.25, 0.3) is 0 Å². The van der Waals surface area contributed by atoms with E-state index in [4.69, 9.17) is 9.47 Å². The Balaban J connectivity index is 2.31. The zero-order chi connectivity index (χ0) is 42.6. The molecule has 342 valence electrons. The number of allylic oxidation sites excluding steroid dienone is 4. The van der Waals surface area contributed by atoms with E-state index >= 15 is 0 Å². The molecule has 9 unspecified atom stereocenters. The predicted molar refractivity (Wildman–Crippen MR) is 233 cm³/mol. The lowest BCUT2D eigenvalue weighted by Crippen LogP contribution is -2.60. The van der Waals surface area contributed by atoms with Crippen molar-refractivity contribution < 1.29 is 50.0 Å². The lowest BCUT2D eigenvalue weighted by molar-refractivity contribution is -0.303. The highest BCUT2D eigenvalue weighted by molar-refractivity contribution is 5.80. The number of carbonyl (C=O) groups excluding carboxylic acids is 1. The third-order valence-electron chi connectivity index (χ3n) is 11.5. The van der Waals surface area contributed by atoms with Crippen LogP contribution in [0.5, 0.6) is 0 Å². The first kappa shape index (κ1) is 54.6. The van der Waals surface area contributed by atoms with Gasteiger partial charge in [-0.05, 0) is 44.9 Å². The van der Waals surface area contributed by atoms with Gasteiger partial charge in [-0.2, -0.15) is 0 Å². The molecule has 0 bridgehead atoms. The maximum Gasteiger partial charge on any atom is 0.249 e. The highest BCUT2D eigenvalue weighted by Gasteiger charge is 2.44. The Morgan fingerprint density at radius 1 is 0.603 bits per heavy atom. The molecule has 1 heterocycles. The van der Waals surface area contributed by atoms with Crippen LogP contribution in [0, 0.1) is 0 Å². The zero-order valence-electron chi connectivity index (χ0n) is 36.8. The first-order valence-electron chi connectivity index (χ1n) is 23.7. The van der Waals surface area contributed by atoms with Crippen LogP contribution in [0.1, 0.15) is 200 Å². The van der Waals surface area contributed by atoms with Gasteiger partial charge in [0.1, 0.15) is 36.6 Å². The second kappa shape index (κ2) is 37.4. The van der Waals surface area contributed by atoms with Gasteiger partial charge >= 0.3 is 0 Å². The predicted octanol–water partition coefficient (Wildman–Crippen LogP) is 7.84. The number of amides is 1. The van der Waals surface area contributed by atoms with Gasteiger partial charge in [-0.15, -0.1) is 0 Å². The van der Waals surface area contributed by atoms with Gasteiger partial charge in [0.2, 0.25) is 5.91 Å². The number of hydrogen-bond donors (Lipinski definition) is 8. The van der Waals surface area contributed by atoms with E-state index in [1.54, 1.807) is 0 Å². The van der Waals surface area contributed by atoms with Crippen molar-refractivity contribution in [2.24, 2.45) is 0 Å². The Labute approximate surface area is 353 Å². The van der Waals surface area contributed by atoms with Gasteiger partial charge < -0.3 is 50.5 Å². The highest BCUT2D eigenvalue weighted by Crippen LogP contribution is 2.23. The van der Waals surface area contributed by atoms with Crippen molar-refractivity contribution in [1.82, 2.24) is 5.32 Å². The summed E-state index contributed by atoms with van der Waals surface area (Å²) in [7, 11) is 0. The van der Waals surface area contributed by atoms with E-state index in [0.717, 1.165) is 57.8 Å². The molecule has 1 fully saturated rings. The molecule has 1 aliphatic rings. The molecule has 1 saturated heterocycles. The van der Waals surface area contributed by atoms with E-state index in [0.29, 0.717) is 19.3 Å². The Morgan fingerprint density at radius 2 is 1.05 bits per heavy atom. The van der Waals surface area contributed by atoms with Gasteiger partial charge in [0, 0.05) is 0 Å². The molecule has 1 aliphatic heterocycles. The molecule has 1 amide bonds. The van der Waals surface area contributed by atoms with E-state index in [1.807, 2.05) is 0 Å². The normalized spacial score (nSPS) is 22.1. The van der Waals surface area contributed by atoms with E-state index < -0.39 is 74.2 Å². The van der Waals surface area contributed by atoms with E-state index in [1.165, 1.54) is 103 Å². The molecule has 0 aromatic carbocycles. The average molecular weight is 828 g/mol. The van der Waals surface area contributed by atoms with Crippen molar-refractivity contribution in [3.63, 3.8) is 0 Å². The summed E-state index contributed by atoms with van der Waals surface area (Å²) in [5, 5.41) is 75.3. The standard InChI is InChI=1S/C47H89NO10/c1-3-5-7-9-11-12-13-14-15-16-17-18-19-20-21-22-23-24-25-26-27-29-31-33-35-40(51)46(56)48-38(42(52)39(50)34-32-30-28-10-8-6-4-2)37-57-47-45(55)44(54)43(53)41(36-49)58-47/h17-18,20-21,38-45,47,49-55H,3-16,19,22-37H2,1-2H3,(H,48,56)/b18-17-,21-20-. The van der Waals surface area contributed by atoms with Crippen LogP contribution in [0.3, 0.4) is 0 Å². The molecule has 0 saturated carbocycles. The van der Waals surface area contributed by atoms with E-state index in [-0.39, 0.29) is 6.42 Å². The Kier molecular flexibility index (Phi) is 35.2. The van der Waals surface area contributed by atoms with Crippen molar-refractivity contribution >= 4 is 5.91 Å². The van der Waals surface area contributed by atoms with Gasteiger partial charge in [-0.3, -0.25) is 4.79 Å². The fraction of sp³-hybridized carbons (Fsp3) is 0.894. The Morgan fingerprint density at radius 3 is 1.53 bits per heavy atom. The molecule has 0 aromatic rings. The molecule has 11 heteroatoms. The van der Waals surface area contributed by atoms with E-state index in [9.17, 15) is 40.5 Å². The molecule has 0 spiro atoms. The first-order valence-corrected chi connectivity index (χ1v) is 23.7. The second-order valence-electron chi connectivity index (χ2n) is 16.8. The molecule has 8 N–H and O–H groups in total. The van der Waals surface area contributed by atoms with Gasteiger partial charge in [-0.25, -0.2) is 0 Å². The maximum atomic E-state index is 13.0. The molecule has 1 rings (SSSR count). The minimum Gasteiger partial charge on any atom is -0.394 e. The molecular weight excluding hydrogens is 739 g/mol. The summed E-state index contributed by atoms with van der Waals surface area (Å²) in [5.74, 6) is -0.705. The molecule has 0 aromatic heterocycles. The number of aliphatic hydroxyl groups excluding tert-OH is 7. The third kappa shape index (κ3) is 26.7. The number of aliphatic hydroxyl groups is 7. The smallest absolute Gasteiger partial charge is 0.249 e. The second-order valence-corrected chi connectivity index (χ2v) is 16.8. The van der Waals surface area contributed by atoms with Crippen molar-refractivity contribution in [2.45, 2.75) is 255 Å². The van der Waals surface area contributed by atoms with Crippen molar-refractivity contribution in [2.75, 3.05) is 13.2 Å². The average Bonchev–Trinajstić information content (AvgIpc) is 3.22. The van der Waals surface area contributed by atoms with Gasteiger partial charge in [0.05, 0.1) is 25.4 Å². The summed E-state index contributed by atoms with van der Waals surface area (Å²) in [6.07, 6.45) is 29.8. The Bertz CT molecular complexity index is 997. The third-order valence-corrected chi connectivity index (χ3v) is 11.5. The molecular formula is C47H89NO10. The minimum atomic E-state index is -1.66. The fourth-order valence-electron chi connectivity index (χ4n) is 7.53. The largest absolute Gasteiger partial charge is 0.394 e. The SMILES string of the molecule is CCCCCCCCCCC/C=C\C/C=C\CCCCCCCCCCC(O)C(=O)NC(COC1OC(CO)C(O)C(O)C1O)C(O)C(O)CCCCCCCCC. The molecule has 58 heavy (non-hydrogen) atoms. The first-order chi connectivity index (χ1) is 28.2. The molecule has 9 atom stereocenters. The van der Waals surface area contributed by atoms with Crippen LogP contribution in [-0.4, -0.2) is 110 Å². The number of nitrogens with one attached hydrogen (secondary N) is 1. The summed E-state index contributed by atoms with van der Waals surface area (Å²) in [5.41, 5.74) is 0. The summed E-state index contributed by atoms with van der Waals surface area (Å²) in [6.45, 7) is 3.37. The van der Waals surface area contributed by atoms with Gasteiger partial charge in [-0.1, -0.05) is 179 Å². The summed E-state index contributed by atoms with van der Waals surface area (Å²) < 4.78 is 11.0. The molecule has 0 radical (unpaired) electrons. The topological polar surface area (TPSA) is 189 Å². The van der Waals surface area contributed by atoms with Crippen LogP contribution in [0.2, 0.25) is 0 Å². The molecule has 0 aliphatic carbocycles. The number of unbranched alkanes of at least 4 members (excludes halogenated alkanes) is 23. The van der Waals surface area contributed by atoms with Crippen LogP contribution in [0.25, 0.3) is 0 Å². The van der Waals surface area contributed by atoms with Crippen molar-refractivity contribution in [3.8, 4) is 0 Å². The number of carbonyl (C=O) groups is 1. The van der Waals surface area contributed by atoms with Gasteiger partial charge in [0.15, 0.2) is 6.29 Å². The van der Waals surface area contributed by atoms with Crippen LogP contribution in [0.15, 0.2) is 24.3 Å². The molecule has 11 nitrogen and oxygen atoms in total. The van der Waals surface area contributed by atoms with Crippen LogP contribution in [-0.2, 0) is 14.3 Å². The zero-order valence-corrected chi connectivity index (χ0v) is 36.8. The highest BCUT2D eigenvalue weighted by atomic mass is 16.7. The summed E-state index contributed by atoms with van der Waals surface area (Å²) >= 11 is 0. The lowest BCUT2D eigenvalue weighted by Gasteiger charge is -2.40. The number of hydrogen-bond acceptors (Lipinski definition) is 10. The number of rotatable bonds is 39. The fourth-order valence-corrected chi connectivity index (χ4v) is 7.53. The van der Waals surface area contributed by atoms with Crippen LogP contribution < -0.4 is 5.32 Å². The van der Waals surface area contributed by atoms with Crippen LogP contribution in [0.4, 0.5) is 0 Å². The summed E-state index contributed by atoms with van der Waals surface area (Å²) in [4.78, 5) is 13.0. The minimum absolute atomic E-state index is 0.254. The number of ether oxygens (including phenoxy) is 2. The van der Waals surface area contributed by atoms with E-state index in [2.05, 4.69) is 43.5 Å². The van der Waals surface area contributed by atoms with Crippen molar-refractivity contribution in [1.29, 1.82) is 0 Å². The van der Waals surface area contributed by atoms with Crippen LogP contribution >= 0.6 is 0 Å².